The summed E-state index contributed by atoms with van der Waals surface area (Å²) in [6.07, 6.45) is 2.11. The minimum absolute atomic E-state index is 0.376. The quantitative estimate of drug-likeness (QED) is 0.712. The van der Waals surface area contributed by atoms with Crippen LogP contribution in [0.15, 0.2) is 42.6 Å². The zero-order valence-electron chi connectivity index (χ0n) is 7.72. The van der Waals surface area contributed by atoms with Gasteiger partial charge in [0.15, 0.2) is 0 Å². The molecule has 2 rings (SSSR count). The van der Waals surface area contributed by atoms with Crippen LogP contribution in [0, 0.1) is 6.92 Å². The van der Waals surface area contributed by atoms with Crippen LogP contribution < -0.4 is 0 Å². The van der Waals surface area contributed by atoms with Gasteiger partial charge < -0.3 is 0 Å². The molecular weight excluding hydrogens is 172 g/mol. The molecule has 0 saturated heterocycles. The molecular formula is C12H10N2. The lowest BCUT2D eigenvalue weighted by Gasteiger charge is -2.01. The van der Waals surface area contributed by atoms with Crippen LogP contribution in [0.4, 0.5) is 0 Å². The van der Waals surface area contributed by atoms with Crippen molar-refractivity contribution in [3.05, 3.63) is 55.3 Å². The first-order valence-electron chi connectivity index (χ1n) is 4.47. The Morgan fingerprint density at radius 2 is 1.86 bits per heavy atom. The van der Waals surface area contributed by atoms with E-state index in [1.807, 2.05) is 36.4 Å². The van der Waals surface area contributed by atoms with Crippen molar-refractivity contribution in [2.24, 2.45) is 0 Å². The molecule has 0 bridgehead atoms. The summed E-state index contributed by atoms with van der Waals surface area (Å²) in [4.78, 5) is 8.37. The standard InChI is InChI=1S/C12H10N2/c1-2-12-13-9-8-11(14-12)10-6-4-3-5-7-10/h1,3-9H,2H2. The van der Waals surface area contributed by atoms with Gasteiger partial charge in [-0.15, -0.1) is 0 Å². The second-order valence-corrected chi connectivity index (χ2v) is 2.93. The summed E-state index contributed by atoms with van der Waals surface area (Å²) in [6, 6.07) is 11.9. The summed E-state index contributed by atoms with van der Waals surface area (Å²) in [6.45, 7) is 5.47. The third-order valence-corrected chi connectivity index (χ3v) is 1.96. The average molecular weight is 182 g/mol. The van der Waals surface area contributed by atoms with Crippen molar-refractivity contribution in [2.45, 2.75) is 6.42 Å². The molecule has 1 heterocycles. The van der Waals surface area contributed by atoms with Crippen LogP contribution in [0.1, 0.15) is 5.82 Å². The molecule has 2 nitrogen and oxygen atoms in total. The second kappa shape index (κ2) is 4.01. The first kappa shape index (κ1) is 8.88. The zero-order valence-corrected chi connectivity index (χ0v) is 7.72. The molecule has 0 aliphatic rings. The van der Waals surface area contributed by atoms with E-state index in [1.54, 1.807) is 6.20 Å². The summed E-state index contributed by atoms with van der Waals surface area (Å²) in [7, 11) is 0. The van der Waals surface area contributed by atoms with Gasteiger partial charge in [0.25, 0.3) is 0 Å². The van der Waals surface area contributed by atoms with Gasteiger partial charge in [-0.2, -0.15) is 0 Å². The van der Waals surface area contributed by atoms with E-state index in [2.05, 4.69) is 9.97 Å². The fourth-order valence-electron chi connectivity index (χ4n) is 1.27. The van der Waals surface area contributed by atoms with Gasteiger partial charge in [-0.05, 0) is 13.0 Å². The van der Waals surface area contributed by atoms with Gasteiger partial charge in [0.05, 0.1) is 5.69 Å². The van der Waals surface area contributed by atoms with Crippen LogP contribution in [0.25, 0.3) is 11.3 Å². The maximum atomic E-state index is 5.47. The van der Waals surface area contributed by atoms with Crippen molar-refractivity contribution in [1.82, 2.24) is 9.97 Å². The van der Waals surface area contributed by atoms with E-state index >= 15 is 0 Å². The number of aromatic nitrogens is 2. The van der Waals surface area contributed by atoms with Crippen LogP contribution in [0.5, 0.6) is 0 Å². The Morgan fingerprint density at radius 3 is 2.57 bits per heavy atom. The van der Waals surface area contributed by atoms with Crippen LogP contribution in [0.3, 0.4) is 0 Å². The first-order valence-corrected chi connectivity index (χ1v) is 4.47. The Kier molecular flexibility index (Phi) is 2.54. The van der Waals surface area contributed by atoms with Crippen molar-refractivity contribution in [3.63, 3.8) is 0 Å². The van der Waals surface area contributed by atoms with Crippen LogP contribution >= 0.6 is 0 Å². The van der Waals surface area contributed by atoms with Crippen molar-refractivity contribution in [3.8, 4) is 11.3 Å². The highest BCUT2D eigenvalue weighted by Gasteiger charge is 1.99. The van der Waals surface area contributed by atoms with E-state index in [4.69, 9.17) is 6.92 Å². The molecule has 0 amide bonds. The number of rotatable bonds is 2. The molecule has 0 aliphatic heterocycles. The lowest BCUT2D eigenvalue weighted by molar-refractivity contribution is 0.992. The van der Waals surface area contributed by atoms with Crippen molar-refractivity contribution < 1.29 is 0 Å². The van der Waals surface area contributed by atoms with Crippen molar-refractivity contribution >= 4 is 0 Å². The molecule has 0 atom stereocenters. The number of hydrogen-bond acceptors (Lipinski definition) is 2. The van der Waals surface area contributed by atoms with Gasteiger partial charge >= 0.3 is 0 Å². The largest absolute Gasteiger partial charge is 0.241 e. The van der Waals surface area contributed by atoms with Gasteiger partial charge in [0, 0.05) is 18.2 Å². The topological polar surface area (TPSA) is 25.8 Å². The van der Waals surface area contributed by atoms with E-state index in [0.717, 1.165) is 11.3 Å². The molecule has 2 aromatic rings. The first-order chi connectivity index (χ1) is 6.90. The zero-order chi connectivity index (χ0) is 9.80. The summed E-state index contributed by atoms with van der Waals surface area (Å²) in [5.74, 6) is 0.673. The van der Waals surface area contributed by atoms with E-state index in [-0.39, 0.29) is 0 Å². The molecule has 0 aliphatic carbocycles. The number of benzene rings is 1. The van der Waals surface area contributed by atoms with Gasteiger partial charge in [-0.25, -0.2) is 9.97 Å². The molecule has 68 valence electrons. The Hall–Kier alpha value is -1.70. The highest BCUT2D eigenvalue weighted by molar-refractivity contribution is 5.58. The minimum atomic E-state index is 0.376. The Labute approximate surface area is 83.7 Å². The third kappa shape index (κ3) is 1.79. The van der Waals surface area contributed by atoms with E-state index < -0.39 is 0 Å². The number of nitrogens with zero attached hydrogens (tertiary/aromatic N) is 2. The van der Waals surface area contributed by atoms with Crippen molar-refractivity contribution in [2.75, 3.05) is 0 Å². The predicted molar refractivity (Wildman–Crippen MR) is 55.5 cm³/mol. The molecule has 0 fully saturated rings. The Morgan fingerprint density at radius 1 is 1.07 bits per heavy atom. The highest BCUT2D eigenvalue weighted by atomic mass is 14.9. The van der Waals surface area contributed by atoms with Crippen LogP contribution in [-0.2, 0) is 6.42 Å². The van der Waals surface area contributed by atoms with Crippen molar-refractivity contribution in [1.29, 1.82) is 0 Å². The predicted octanol–water partition coefficient (Wildman–Crippen LogP) is 2.40. The third-order valence-electron chi connectivity index (χ3n) is 1.96. The molecule has 0 N–H and O–H groups in total. The van der Waals surface area contributed by atoms with Gasteiger partial charge in [-0.1, -0.05) is 30.3 Å². The number of hydrogen-bond donors (Lipinski definition) is 0. The monoisotopic (exact) mass is 182 g/mol. The lowest BCUT2D eigenvalue weighted by atomic mass is 10.1. The summed E-state index contributed by atoms with van der Waals surface area (Å²) >= 11 is 0. The smallest absolute Gasteiger partial charge is 0.129 e. The molecule has 1 aromatic carbocycles. The lowest BCUT2D eigenvalue weighted by Crippen LogP contribution is -1.93. The van der Waals surface area contributed by atoms with Gasteiger partial charge in [0.2, 0.25) is 0 Å². The fourth-order valence-corrected chi connectivity index (χ4v) is 1.27. The molecule has 14 heavy (non-hydrogen) atoms. The summed E-state index contributed by atoms with van der Waals surface area (Å²) in [5.41, 5.74) is 2.01. The summed E-state index contributed by atoms with van der Waals surface area (Å²) < 4.78 is 0. The van der Waals surface area contributed by atoms with Crippen LogP contribution in [0.2, 0.25) is 0 Å². The maximum absolute atomic E-state index is 5.47. The van der Waals surface area contributed by atoms with E-state index in [1.165, 1.54) is 0 Å². The van der Waals surface area contributed by atoms with E-state index in [0.29, 0.717) is 12.2 Å². The van der Waals surface area contributed by atoms with Gasteiger partial charge in [-0.3, -0.25) is 0 Å². The molecule has 0 spiro atoms. The van der Waals surface area contributed by atoms with Crippen LogP contribution in [-0.4, -0.2) is 9.97 Å². The normalized spacial score (nSPS) is 10.1. The maximum Gasteiger partial charge on any atom is 0.129 e. The van der Waals surface area contributed by atoms with Gasteiger partial charge in [0.1, 0.15) is 5.82 Å². The average Bonchev–Trinajstić information content (AvgIpc) is 2.30. The Balaban J connectivity index is 2.42. The summed E-state index contributed by atoms with van der Waals surface area (Å²) in [5, 5.41) is 0. The molecule has 0 unspecified atom stereocenters. The molecule has 2 heteroatoms. The SMILES string of the molecule is [CH]Cc1nccc(-c2ccccc2)n1. The highest BCUT2D eigenvalue weighted by Crippen LogP contribution is 2.15. The van der Waals surface area contributed by atoms with E-state index in [9.17, 15) is 0 Å². The molecule has 0 saturated carbocycles. The minimum Gasteiger partial charge on any atom is -0.241 e. The fraction of sp³-hybridized carbons (Fsp3) is 0.0833. The Bertz CT molecular complexity index is 410. The second-order valence-electron chi connectivity index (χ2n) is 2.93. The molecule has 2 radical (unpaired) electrons. The molecule has 1 aromatic heterocycles.